The summed E-state index contributed by atoms with van der Waals surface area (Å²) in [4.78, 5) is 10.8. The molecule has 1 rings (SSSR count). The molecule has 0 aromatic rings. The van der Waals surface area contributed by atoms with E-state index in [9.17, 15) is 15.0 Å². The molecule has 4 N–H and O–H groups in total. The normalized spacial score (nSPS) is 33.1. The molecule has 0 aliphatic heterocycles. The number of carboxylic acid groups (broad SMARTS) is 1. The van der Waals surface area contributed by atoms with Gasteiger partial charge < -0.3 is 20.6 Å². The van der Waals surface area contributed by atoms with Crippen LogP contribution in [0.1, 0.15) is 39.5 Å². The van der Waals surface area contributed by atoms with E-state index in [1.807, 2.05) is 0 Å². The molecule has 0 radical (unpaired) electrons. The third-order valence-electron chi connectivity index (χ3n) is 3.80. The van der Waals surface area contributed by atoms with Crippen LogP contribution in [0, 0.1) is 5.92 Å². The summed E-state index contributed by atoms with van der Waals surface area (Å²) in [6, 6.07) is 0. The van der Waals surface area contributed by atoms with Crippen LogP contribution in [0.5, 0.6) is 0 Å². The molecule has 0 aromatic heterocycles. The number of aliphatic hydroxyl groups is 2. The number of β-amino-alcohol motifs (C(OH)–C–C–N with tert-alkyl or cyclic N) is 1. The fourth-order valence-corrected chi connectivity index (χ4v) is 2.14. The minimum absolute atomic E-state index is 0.0184. The van der Waals surface area contributed by atoms with Gasteiger partial charge in [-0.25, -0.2) is 4.79 Å². The predicted octanol–water partition coefficient (Wildman–Crippen LogP) is 0.353. The van der Waals surface area contributed by atoms with Gasteiger partial charge in [0.05, 0.1) is 6.61 Å². The van der Waals surface area contributed by atoms with E-state index < -0.39 is 17.1 Å². The van der Waals surface area contributed by atoms with Crippen LogP contribution in [0.3, 0.4) is 0 Å². The van der Waals surface area contributed by atoms with E-state index in [0.29, 0.717) is 5.92 Å². The Morgan fingerprint density at radius 3 is 2.41 bits per heavy atom. The van der Waals surface area contributed by atoms with Gasteiger partial charge >= 0.3 is 5.97 Å². The Balaban J connectivity index is 2.56. The standard InChI is InChI=1S/C12H23NO4/c1-9-3-5-12(8-14,6-4-9)13-7-11(2,17)10(15)16/h9,13-14,17H,3-8H2,1-2H3,(H,15,16). The lowest BCUT2D eigenvalue weighted by atomic mass is 9.77. The van der Waals surface area contributed by atoms with Gasteiger partial charge in [-0.1, -0.05) is 6.92 Å². The molecule has 1 fully saturated rings. The molecule has 0 saturated heterocycles. The number of carboxylic acids is 1. The third kappa shape index (κ3) is 3.66. The smallest absolute Gasteiger partial charge is 0.336 e. The highest BCUT2D eigenvalue weighted by Gasteiger charge is 2.37. The summed E-state index contributed by atoms with van der Waals surface area (Å²) in [5.41, 5.74) is -2.21. The SMILES string of the molecule is CC1CCC(CO)(NCC(C)(O)C(=O)O)CC1. The van der Waals surface area contributed by atoms with E-state index >= 15 is 0 Å². The zero-order chi connectivity index (χ0) is 13.1. The van der Waals surface area contributed by atoms with Crippen molar-refractivity contribution in [1.82, 2.24) is 5.32 Å². The predicted molar refractivity (Wildman–Crippen MR) is 63.7 cm³/mol. The Hall–Kier alpha value is -0.650. The van der Waals surface area contributed by atoms with Crippen molar-refractivity contribution < 1.29 is 20.1 Å². The zero-order valence-corrected chi connectivity index (χ0v) is 10.6. The highest BCUT2D eigenvalue weighted by atomic mass is 16.4. The maximum absolute atomic E-state index is 10.8. The van der Waals surface area contributed by atoms with Crippen LogP contribution in [0.15, 0.2) is 0 Å². The second-order valence-electron chi connectivity index (χ2n) is 5.55. The Labute approximate surface area is 102 Å². The van der Waals surface area contributed by atoms with Crippen LogP contribution >= 0.6 is 0 Å². The zero-order valence-electron chi connectivity index (χ0n) is 10.6. The Bertz CT molecular complexity index is 270. The second-order valence-corrected chi connectivity index (χ2v) is 5.55. The van der Waals surface area contributed by atoms with Crippen LogP contribution in [0.2, 0.25) is 0 Å². The first-order chi connectivity index (χ1) is 7.81. The molecule has 5 heteroatoms. The molecule has 0 aromatic carbocycles. The summed E-state index contributed by atoms with van der Waals surface area (Å²) in [6.45, 7) is 3.38. The molecular formula is C12H23NO4. The van der Waals surface area contributed by atoms with Crippen molar-refractivity contribution >= 4 is 5.97 Å². The number of nitrogens with one attached hydrogen (secondary N) is 1. The van der Waals surface area contributed by atoms with Gasteiger partial charge in [-0.3, -0.25) is 0 Å². The van der Waals surface area contributed by atoms with Gasteiger partial charge in [0, 0.05) is 12.1 Å². The molecule has 17 heavy (non-hydrogen) atoms. The van der Waals surface area contributed by atoms with Crippen LogP contribution in [0.25, 0.3) is 0 Å². The molecule has 1 atom stereocenters. The molecule has 1 saturated carbocycles. The highest BCUT2D eigenvalue weighted by Crippen LogP contribution is 2.31. The number of aliphatic carboxylic acids is 1. The molecule has 1 aliphatic carbocycles. The summed E-state index contributed by atoms with van der Waals surface area (Å²) in [5, 5.41) is 31.0. The lowest BCUT2D eigenvalue weighted by molar-refractivity contribution is -0.156. The van der Waals surface area contributed by atoms with Gasteiger partial charge in [-0.2, -0.15) is 0 Å². The van der Waals surface area contributed by atoms with Gasteiger partial charge in [0.15, 0.2) is 5.60 Å². The van der Waals surface area contributed by atoms with Crippen molar-refractivity contribution in [1.29, 1.82) is 0 Å². The Kier molecular flexibility index (Phi) is 4.52. The average molecular weight is 245 g/mol. The van der Waals surface area contributed by atoms with Gasteiger partial charge in [0.25, 0.3) is 0 Å². The van der Waals surface area contributed by atoms with Crippen LogP contribution in [-0.2, 0) is 4.79 Å². The van der Waals surface area contributed by atoms with Gasteiger partial charge in [-0.15, -0.1) is 0 Å². The van der Waals surface area contributed by atoms with Crippen LogP contribution < -0.4 is 5.32 Å². The van der Waals surface area contributed by atoms with Gasteiger partial charge in [-0.05, 0) is 38.5 Å². The molecule has 1 aliphatic rings. The van der Waals surface area contributed by atoms with Crippen molar-refractivity contribution in [2.75, 3.05) is 13.2 Å². The van der Waals surface area contributed by atoms with Crippen LogP contribution in [0.4, 0.5) is 0 Å². The Morgan fingerprint density at radius 1 is 1.47 bits per heavy atom. The number of hydrogen-bond donors (Lipinski definition) is 4. The minimum atomic E-state index is -1.79. The summed E-state index contributed by atoms with van der Waals surface area (Å²) < 4.78 is 0. The quantitative estimate of drug-likeness (QED) is 0.561. The lowest BCUT2D eigenvalue weighted by Crippen LogP contribution is -2.57. The van der Waals surface area contributed by atoms with E-state index in [1.165, 1.54) is 6.92 Å². The number of carbonyl (C=O) groups is 1. The fraction of sp³-hybridized carbons (Fsp3) is 0.917. The van der Waals surface area contributed by atoms with E-state index in [1.54, 1.807) is 0 Å². The van der Waals surface area contributed by atoms with E-state index in [4.69, 9.17) is 5.11 Å². The van der Waals surface area contributed by atoms with E-state index in [-0.39, 0.29) is 13.2 Å². The average Bonchev–Trinajstić information content (AvgIpc) is 2.29. The van der Waals surface area contributed by atoms with Crippen molar-refractivity contribution in [2.24, 2.45) is 5.92 Å². The van der Waals surface area contributed by atoms with E-state index in [0.717, 1.165) is 25.7 Å². The number of rotatable bonds is 5. The molecule has 100 valence electrons. The Morgan fingerprint density at radius 2 is 2.00 bits per heavy atom. The fourth-order valence-electron chi connectivity index (χ4n) is 2.14. The molecule has 0 amide bonds. The first kappa shape index (κ1) is 14.4. The monoisotopic (exact) mass is 245 g/mol. The number of aliphatic hydroxyl groups excluding tert-OH is 1. The topological polar surface area (TPSA) is 89.8 Å². The largest absolute Gasteiger partial charge is 0.479 e. The third-order valence-corrected chi connectivity index (χ3v) is 3.80. The summed E-state index contributed by atoms with van der Waals surface area (Å²) in [5.74, 6) is -0.598. The lowest BCUT2D eigenvalue weighted by Gasteiger charge is -2.40. The van der Waals surface area contributed by atoms with Crippen molar-refractivity contribution in [3.05, 3.63) is 0 Å². The maximum Gasteiger partial charge on any atom is 0.336 e. The summed E-state index contributed by atoms with van der Waals surface area (Å²) >= 11 is 0. The minimum Gasteiger partial charge on any atom is -0.479 e. The maximum atomic E-state index is 10.8. The highest BCUT2D eigenvalue weighted by molar-refractivity contribution is 5.76. The molecular weight excluding hydrogens is 222 g/mol. The molecule has 0 bridgehead atoms. The van der Waals surface area contributed by atoms with Crippen molar-refractivity contribution in [2.45, 2.75) is 50.7 Å². The van der Waals surface area contributed by atoms with E-state index in [2.05, 4.69) is 12.2 Å². The first-order valence-corrected chi connectivity index (χ1v) is 6.13. The first-order valence-electron chi connectivity index (χ1n) is 6.13. The summed E-state index contributed by atoms with van der Waals surface area (Å²) in [6.07, 6.45) is 3.67. The van der Waals surface area contributed by atoms with Gasteiger partial charge in [0.2, 0.25) is 0 Å². The summed E-state index contributed by atoms with van der Waals surface area (Å²) in [7, 11) is 0. The second kappa shape index (κ2) is 5.33. The molecule has 0 heterocycles. The number of hydrogen-bond acceptors (Lipinski definition) is 4. The molecule has 1 unspecified atom stereocenters. The van der Waals surface area contributed by atoms with Crippen LogP contribution in [-0.4, -0.2) is 45.6 Å². The van der Waals surface area contributed by atoms with Gasteiger partial charge in [0.1, 0.15) is 0 Å². The van der Waals surface area contributed by atoms with Crippen molar-refractivity contribution in [3.63, 3.8) is 0 Å². The molecule has 5 nitrogen and oxygen atoms in total. The van der Waals surface area contributed by atoms with Crippen molar-refractivity contribution in [3.8, 4) is 0 Å². The molecule has 0 spiro atoms.